The van der Waals surface area contributed by atoms with Gasteiger partial charge in [0.25, 0.3) is 0 Å². The summed E-state index contributed by atoms with van der Waals surface area (Å²) in [5.74, 6) is -1.55. The predicted molar refractivity (Wildman–Crippen MR) is 63.1 cm³/mol. The number of esters is 1. The molecule has 0 aromatic heterocycles. The third-order valence-corrected chi connectivity index (χ3v) is 2.65. The zero-order chi connectivity index (χ0) is 12.8. The number of hydrogen-bond donors (Lipinski definition) is 1. The van der Waals surface area contributed by atoms with Gasteiger partial charge in [0.15, 0.2) is 0 Å². The van der Waals surface area contributed by atoms with E-state index in [1.807, 2.05) is 13.8 Å². The Morgan fingerprint density at radius 1 is 1.24 bits per heavy atom. The molecular weight excluding hydrogens is 220 g/mol. The number of carboxylic acid groups (broad SMARTS) is 1. The number of aromatic carboxylic acids is 1. The Bertz CT molecular complexity index is 408. The molecule has 0 aliphatic rings. The Hall–Kier alpha value is -1.84. The lowest BCUT2D eigenvalue weighted by molar-refractivity contribution is -0.139. The van der Waals surface area contributed by atoms with Crippen LogP contribution in [-0.4, -0.2) is 17.0 Å². The van der Waals surface area contributed by atoms with Crippen LogP contribution in [0.5, 0.6) is 5.75 Å². The lowest BCUT2D eigenvalue weighted by Crippen LogP contribution is -2.20. The predicted octanol–water partition coefficient (Wildman–Crippen LogP) is 2.73. The van der Waals surface area contributed by atoms with Gasteiger partial charge >= 0.3 is 11.9 Å². The summed E-state index contributed by atoms with van der Waals surface area (Å²) in [4.78, 5) is 22.7. The fraction of sp³-hybridized carbons (Fsp3) is 0.385. The van der Waals surface area contributed by atoms with Crippen molar-refractivity contribution in [1.82, 2.24) is 0 Å². The van der Waals surface area contributed by atoms with E-state index < -0.39 is 5.97 Å². The smallest absolute Gasteiger partial charge is 0.339 e. The van der Waals surface area contributed by atoms with Crippen molar-refractivity contribution in [1.29, 1.82) is 0 Å². The van der Waals surface area contributed by atoms with Gasteiger partial charge in [0, 0.05) is 0 Å². The van der Waals surface area contributed by atoms with E-state index in [1.165, 1.54) is 12.1 Å². The molecule has 0 saturated carbocycles. The SMILES string of the molecule is CCC(CC)C(=O)Oc1ccccc1C(=O)O. The van der Waals surface area contributed by atoms with Gasteiger partial charge in [-0.05, 0) is 25.0 Å². The molecule has 4 heteroatoms. The molecule has 4 nitrogen and oxygen atoms in total. The molecule has 0 saturated heterocycles. The van der Waals surface area contributed by atoms with Crippen molar-refractivity contribution in [3.05, 3.63) is 29.8 Å². The monoisotopic (exact) mass is 236 g/mol. The molecule has 0 fully saturated rings. The van der Waals surface area contributed by atoms with Gasteiger partial charge < -0.3 is 9.84 Å². The number of hydrogen-bond acceptors (Lipinski definition) is 3. The van der Waals surface area contributed by atoms with E-state index in [0.717, 1.165) is 0 Å². The van der Waals surface area contributed by atoms with Crippen LogP contribution < -0.4 is 4.74 Å². The second-order valence-corrected chi connectivity index (χ2v) is 3.74. The summed E-state index contributed by atoms with van der Waals surface area (Å²) in [7, 11) is 0. The van der Waals surface area contributed by atoms with Crippen LogP contribution >= 0.6 is 0 Å². The Morgan fingerprint density at radius 2 is 1.82 bits per heavy atom. The van der Waals surface area contributed by atoms with Crippen molar-refractivity contribution in [3.63, 3.8) is 0 Å². The lowest BCUT2D eigenvalue weighted by Gasteiger charge is -2.12. The van der Waals surface area contributed by atoms with Crippen LogP contribution in [0.3, 0.4) is 0 Å². The van der Waals surface area contributed by atoms with E-state index in [-0.39, 0.29) is 23.2 Å². The quantitative estimate of drug-likeness (QED) is 0.630. The Labute approximate surface area is 100 Å². The molecule has 17 heavy (non-hydrogen) atoms. The van der Waals surface area contributed by atoms with Crippen molar-refractivity contribution >= 4 is 11.9 Å². The highest BCUT2D eigenvalue weighted by Crippen LogP contribution is 2.20. The van der Waals surface area contributed by atoms with Gasteiger partial charge in [0.05, 0.1) is 5.92 Å². The molecule has 1 aromatic rings. The van der Waals surface area contributed by atoms with Gasteiger partial charge in [0.1, 0.15) is 11.3 Å². The lowest BCUT2D eigenvalue weighted by atomic mass is 10.0. The van der Waals surface area contributed by atoms with Crippen molar-refractivity contribution in [2.45, 2.75) is 26.7 Å². The summed E-state index contributed by atoms with van der Waals surface area (Å²) >= 11 is 0. The summed E-state index contributed by atoms with van der Waals surface area (Å²) in [6.45, 7) is 3.80. The van der Waals surface area contributed by atoms with Crippen molar-refractivity contribution in [2.24, 2.45) is 5.92 Å². The van der Waals surface area contributed by atoms with Crippen molar-refractivity contribution < 1.29 is 19.4 Å². The third-order valence-electron chi connectivity index (χ3n) is 2.65. The fourth-order valence-electron chi connectivity index (χ4n) is 1.55. The highest BCUT2D eigenvalue weighted by Gasteiger charge is 2.19. The molecule has 1 rings (SSSR count). The molecular formula is C13H16O4. The number of para-hydroxylation sites is 1. The number of carboxylic acids is 1. The van der Waals surface area contributed by atoms with E-state index in [1.54, 1.807) is 12.1 Å². The molecule has 0 spiro atoms. The van der Waals surface area contributed by atoms with E-state index in [0.29, 0.717) is 12.8 Å². The fourth-order valence-corrected chi connectivity index (χ4v) is 1.55. The molecule has 1 aromatic carbocycles. The number of carbonyl (C=O) groups is 2. The zero-order valence-electron chi connectivity index (χ0n) is 9.97. The Morgan fingerprint density at radius 3 is 2.35 bits per heavy atom. The normalized spacial score (nSPS) is 10.3. The van der Waals surface area contributed by atoms with Gasteiger partial charge in [-0.15, -0.1) is 0 Å². The largest absolute Gasteiger partial charge is 0.478 e. The maximum Gasteiger partial charge on any atom is 0.339 e. The summed E-state index contributed by atoms with van der Waals surface area (Å²) in [5, 5.41) is 8.94. The summed E-state index contributed by atoms with van der Waals surface area (Å²) in [6.07, 6.45) is 1.37. The van der Waals surface area contributed by atoms with Crippen LogP contribution in [0.1, 0.15) is 37.0 Å². The maximum absolute atomic E-state index is 11.7. The zero-order valence-corrected chi connectivity index (χ0v) is 9.97. The first-order valence-electron chi connectivity index (χ1n) is 5.64. The van der Waals surface area contributed by atoms with Crippen LogP contribution in [0.2, 0.25) is 0 Å². The van der Waals surface area contributed by atoms with E-state index >= 15 is 0 Å². The van der Waals surface area contributed by atoms with E-state index in [4.69, 9.17) is 9.84 Å². The standard InChI is InChI=1S/C13H16O4/c1-3-9(4-2)13(16)17-11-8-6-5-7-10(11)12(14)15/h5-9H,3-4H2,1-2H3,(H,14,15). The molecule has 0 amide bonds. The van der Waals surface area contributed by atoms with Crippen molar-refractivity contribution in [3.8, 4) is 5.75 Å². The highest BCUT2D eigenvalue weighted by molar-refractivity contribution is 5.92. The summed E-state index contributed by atoms with van der Waals surface area (Å²) < 4.78 is 5.13. The van der Waals surface area contributed by atoms with Gasteiger partial charge in [-0.3, -0.25) is 4.79 Å². The minimum Gasteiger partial charge on any atom is -0.478 e. The molecule has 0 aliphatic heterocycles. The van der Waals surface area contributed by atoms with Crippen LogP contribution in [-0.2, 0) is 4.79 Å². The molecule has 92 valence electrons. The third kappa shape index (κ3) is 3.31. The summed E-state index contributed by atoms with van der Waals surface area (Å²) in [6, 6.07) is 6.14. The molecule has 0 unspecified atom stereocenters. The van der Waals surface area contributed by atoms with Crippen molar-refractivity contribution in [2.75, 3.05) is 0 Å². The van der Waals surface area contributed by atoms with Gasteiger partial charge in [-0.25, -0.2) is 4.79 Å². The van der Waals surface area contributed by atoms with E-state index in [9.17, 15) is 9.59 Å². The topological polar surface area (TPSA) is 63.6 Å². The highest BCUT2D eigenvalue weighted by atomic mass is 16.5. The van der Waals surface area contributed by atoms with Crippen LogP contribution in [0.4, 0.5) is 0 Å². The average Bonchev–Trinajstić information content (AvgIpc) is 2.31. The maximum atomic E-state index is 11.7. The first kappa shape index (κ1) is 13.2. The first-order chi connectivity index (χ1) is 8.10. The Balaban J connectivity index is 2.88. The first-order valence-corrected chi connectivity index (χ1v) is 5.64. The average molecular weight is 236 g/mol. The molecule has 0 atom stereocenters. The Kier molecular flexibility index (Phi) is 4.69. The van der Waals surface area contributed by atoms with Crippen LogP contribution in [0.25, 0.3) is 0 Å². The van der Waals surface area contributed by atoms with Gasteiger partial charge in [-0.1, -0.05) is 26.0 Å². The van der Waals surface area contributed by atoms with Crippen LogP contribution in [0.15, 0.2) is 24.3 Å². The number of carbonyl (C=O) groups excluding carboxylic acids is 1. The van der Waals surface area contributed by atoms with E-state index in [2.05, 4.69) is 0 Å². The second kappa shape index (κ2) is 6.03. The second-order valence-electron chi connectivity index (χ2n) is 3.74. The van der Waals surface area contributed by atoms with Gasteiger partial charge in [0.2, 0.25) is 0 Å². The number of rotatable bonds is 5. The molecule has 0 radical (unpaired) electrons. The summed E-state index contributed by atoms with van der Waals surface area (Å²) in [5.41, 5.74) is 0.00630. The number of benzene rings is 1. The molecule has 0 heterocycles. The van der Waals surface area contributed by atoms with Crippen LogP contribution in [0, 0.1) is 5.92 Å². The minimum absolute atomic E-state index is 0.00630. The number of ether oxygens (including phenoxy) is 1. The minimum atomic E-state index is -1.10. The van der Waals surface area contributed by atoms with Gasteiger partial charge in [-0.2, -0.15) is 0 Å². The molecule has 0 aliphatic carbocycles. The molecule has 1 N–H and O–H groups in total. The molecule has 0 bridgehead atoms.